The fourth-order valence-corrected chi connectivity index (χ4v) is 0.638. The molecule has 0 saturated heterocycles. The highest BCUT2D eigenvalue weighted by atomic mass is 32.2. The van der Waals surface area contributed by atoms with E-state index < -0.39 is 5.97 Å². The average molecular weight is 170 g/mol. The number of carboxylic acids is 1. The molecular formula is C8H10O2S. The summed E-state index contributed by atoms with van der Waals surface area (Å²) in [6.07, 6.45) is 9.81. The standard InChI is InChI=1S/C8H10O2S/c1-11-7-5-3-2-4-6-8(9)10/h2-7H,1H3,(H,9,10)/b3-2-,6-4+,7-5+. The zero-order chi connectivity index (χ0) is 8.53. The molecule has 0 aromatic carbocycles. The molecular weight excluding hydrogens is 160 g/mol. The van der Waals surface area contributed by atoms with E-state index in [0.29, 0.717) is 0 Å². The van der Waals surface area contributed by atoms with Crippen molar-refractivity contribution in [2.75, 3.05) is 6.26 Å². The number of thioether (sulfide) groups is 1. The van der Waals surface area contributed by atoms with Gasteiger partial charge < -0.3 is 5.11 Å². The molecule has 0 saturated carbocycles. The van der Waals surface area contributed by atoms with Gasteiger partial charge >= 0.3 is 5.97 Å². The fourth-order valence-electron chi connectivity index (χ4n) is 0.390. The van der Waals surface area contributed by atoms with E-state index in [9.17, 15) is 4.79 Å². The van der Waals surface area contributed by atoms with E-state index in [-0.39, 0.29) is 0 Å². The Hall–Kier alpha value is -0.960. The van der Waals surface area contributed by atoms with Crippen LogP contribution in [0.5, 0.6) is 0 Å². The highest BCUT2D eigenvalue weighted by Gasteiger charge is 1.78. The molecule has 0 aliphatic heterocycles. The highest BCUT2D eigenvalue weighted by Crippen LogP contribution is 1.92. The first-order valence-corrected chi connectivity index (χ1v) is 4.31. The topological polar surface area (TPSA) is 37.3 Å². The highest BCUT2D eigenvalue weighted by molar-refractivity contribution is 8.01. The molecule has 0 aromatic heterocycles. The third kappa shape index (κ3) is 9.04. The molecule has 0 bridgehead atoms. The summed E-state index contributed by atoms with van der Waals surface area (Å²) in [5.74, 6) is -0.927. The molecule has 0 atom stereocenters. The second kappa shape index (κ2) is 7.15. The third-order valence-electron chi connectivity index (χ3n) is 0.787. The first-order valence-electron chi connectivity index (χ1n) is 3.03. The smallest absolute Gasteiger partial charge is 0.328 e. The maximum Gasteiger partial charge on any atom is 0.328 e. The van der Waals surface area contributed by atoms with Crippen LogP contribution >= 0.6 is 11.8 Å². The Morgan fingerprint density at radius 2 is 1.91 bits per heavy atom. The van der Waals surface area contributed by atoms with Crippen LogP contribution in [-0.4, -0.2) is 17.3 Å². The van der Waals surface area contributed by atoms with Gasteiger partial charge in [0.2, 0.25) is 0 Å². The Morgan fingerprint density at radius 3 is 2.45 bits per heavy atom. The van der Waals surface area contributed by atoms with Crippen molar-refractivity contribution in [1.82, 2.24) is 0 Å². The second-order valence-electron chi connectivity index (χ2n) is 1.65. The van der Waals surface area contributed by atoms with Crippen LogP contribution in [0.4, 0.5) is 0 Å². The van der Waals surface area contributed by atoms with Gasteiger partial charge in [0.05, 0.1) is 0 Å². The van der Waals surface area contributed by atoms with Crippen molar-refractivity contribution < 1.29 is 9.90 Å². The SMILES string of the molecule is CS/C=C/C=C\C=C\C(=O)O. The molecule has 0 fully saturated rings. The van der Waals surface area contributed by atoms with Crippen molar-refractivity contribution in [3.8, 4) is 0 Å². The van der Waals surface area contributed by atoms with Crippen LogP contribution in [0.3, 0.4) is 0 Å². The minimum Gasteiger partial charge on any atom is -0.478 e. The number of aliphatic carboxylic acids is 1. The van der Waals surface area contributed by atoms with Crippen molar-refractivity contribution in [2.45, 2.75) is 0 Å². The minimum atomic E-state index is -0.927. The predicted octanol–water partition coefficient (Wildman–Crippen LogP) is 2.06. The van der Waals surface area contributed by atoms with Gasteiger partial charge in [0.15, 0.2) is 0 Å². The van der Waals surface area contributed by atoms with Crippen LogP contribution in [0.1, 0.15) is 0 Å². The molecule has 60 valence electrons. The molecule has 0 radical (unpaired) electrons. The average Bonchev–Trinajstić information content (AvgIpc) is 1.96. The summed E-state index contributed by atoms with van der Waals surface area (Å²) in [4.78, 5) is 9.95. The maximum absolute atomic E-state index is 9.95. The molecule has 2 nitrogen and oxygen atoms in total. The number of hydrogen-bond acceptors (Lipinski definition) is 2. The lowest BCUT2D eigenvalue weighted by atomic mass is 10.4. The molecule has 1 N–H and O–H groups in total. The van der Waals surface area contributed by atoms with E-state index in [1.54, 1.807) is 23.9 Å². The van der Waals surface area contributed by atoms with E-state index in [2.05, 4.69) is 0 Å². The molecule has 0 aliphatic carbocycles. The number of carboxylic acid groups (broad SMARTS) is 1. The Kier molecular flexibility index (Phi) is 6.53. The van der Waals surface area contributed by atoms with Gasteiger partial charge in [-0.05, 0) is 11.7 Å². The van der Waals surface area contributed by atoms with Crippen LogP contribution in [0.25, 0.3) is 0 Å². The molecule has 0 amide bonds. The third-order valence-corrected chi connectivity index (χ3v) is 1.22. The lowest BCUT2D eigenvalue weighted by Crippen LogP contribution is -1.84. The predicted molar refractivity (Wildman–Crippen MR) is 48.6 cm³/mol. The van der Waals surface area contributed by atoms with Gasteiger partial charge in [-0.25, -0.2) is 4.79 Å². The molecule has 0 rings (SSSR count). The Morgan fingerprint density at radius 1 is 1.27 bits per heavy atom. The molecule has 0 aromatic rings. The van der Waals surface area contributed by atoms with Gasteiger partial charge in [0.1, 0.15) is 0 Å². The first kappa shape index (κ1) is 10.0. The summed E-state index contributed by atoms with van der Waals surface area (Å²) in [6, 6.07) is 0. The maximum atomic E-state index is 9.95. The number of allylic oxidation sites excluding steroid dienone is 4. The molecule has 0 unspecified atom stereocenters. The van der Waals surface area contributed by atoms with Gasteiger partial charge in [0.25, 0.3) is 0 Å². The largest absolute Gasteiger partial charge is 0.478 e. The van der Waals surface area contributed by atoms with E-state index in [1.807, 2.05) is 17.7 Å². The molecule has 11 heavy (non-hydrogen) atoms. The van der Waals surface area contributed by atoms with Crippen molar-refractivity contribution in [1.29, 1.82) is 0 Å². The van der Waals surface area contributed by atoms with Crippen LogP contribution in [0.15, 0.2) is 35.8 Å². The molecule has 0 spiro atoms. The zero-order valence-corrected chi connectivity index (χ0v) is 7.04. The molecule has 0 heterocycles. The lowest BCUT2D eigenvalue weighted by Gasteiger charge is -1.75. The van der Waals surface area contributed by atoms with E-state index in [4.69, 9.17) is 5.11 Å². The van der Waals surface area contributed by atoms with Gasteiger partial charge in [-0.1, -0.05) is 24.3 Å². The van der Waals surface area contributed by atoms with Crippen LogP contribution < -0.4 is 0 Å². The van der Waals surface area contributed by atoms with Gasteiger partial charge in [0, 0.05) is 6.08 Å². The van der Waals surface area contributed by atoms with Crippen molar-refractivity contribution in [3.63, 3.8) is 0 Å². The van der Waals surface area contributed by atoms with Crippen LogP contribution in [0, 0.1) is 0 Å². The Labute approximate surface area is 70.3 Å². The summed E-state index contributed by atoms with van der Waals surface area (Å²) in [5, 5.41) is 10.1. The number of rotatable bonds is 4. The number of carbonyl (C=O) groups is 1. The van der Waals surface area contributed by atoms with Crippen molar-refractivity contribution >= 4 is 17.7 Å². The van der Waals surface area contributed by atoms with Crippen LogP contribution in [-0.2, 0) is 4.79 Å². The Bertz CT molecular complexity index is 192. The van der Waals surface area contributed by atoms with Crippen LogP contribution in [0.2, 0.25) is 0 Å². The normalized spacial score (nSPS) is 12.1. The Balaban J connectivity index is 3.60. The fraction of sp³-hybridized carbons (Fsp3) is 0.125. The van der Waals surface area contributed by atoms with Crippen molar-refractivity contribution in [3.05, 3.63) is 35.8 Å². The van der Waals surface area contributed by atoms with Gasteiger partial charge in [-0.3, -0.25) is 0 Å². The van der Waals surface area contributed by atoms with E-state index >= 15 is 0 Å². The monoisotopic (exact) mass is 170 g/mol. The lowest BCUT2D eigenvalue weighted by molar-refractivity contribution is -0.131. The molecule has 3 heteroatoms. The van der Waals surface area contributed by atoms with E-state index in [1.165, 1.54) is 6.08 Å². The summed E-state index contributed by atoms with van der Waals surface area (Å²) in [7, 11) is 0. The van der Waals surface area contributed by atoms with Crippen molar-refractivity contribution in [2.24, 2.45) is 0 Å². The summed E-state index contributed by atoms with van der Waals surface area (Å²) in [6.45, 7) is 0. The summed E-state index contributed by atoms with van der Waals surface area (Å²) in [5.41, 5.74) is 0. The number of hydrogen-bond donors (Lipinski definition) is 1. The van der Waals surface area contributed by atoms with E-state index in [0.717, 1.165) is 6.08 Å². The zero-order valence-electron chi connectivity index (χ0n) is 6.23. The second-order valence-corrected chi connectivity index (χ2v) is 2.39. The minimum absolute atomic E-state index is 0.927. The summed E-state index contributed by atoms with van der Waals surface area (Å²) >= 11 is 1.59. The van der Waals surface area contributed by atoms with Gasteiger partial charge in [-0.15, -0.1) is 11.8 Å². The molecule has 0 aliphatic rings. The summed E-state index contributed by atoms with van der Waals surface area (Å²) < 4.78 is 0. The van der Waals surface area contributed by atoms with Gasteiger partial charge in [-0.2, -0.15) is 0 Å². The first-order chi connectivity index (χ1) is 5.27. The quantitative estimate of drug-likeness (QED) is 0.518.